The van der Waals surface area contributed by atoms with Crippen molar-refractivity contribution in [1.29, 1.82) is 0 Å². The summed E-state index contributed by atoms with van der Waals surface area (Å²) in [6.45, 7) is 3.82. The molecule has 1 aromatic heterocycles. The zero-order valence-electron chi connectivity index (χ0n) is 14.7. The average molecular weight is 378 g/mol. The van der Waals surface area contributed by atoms with Crippen molar-refractivity contribution < 1.29 is 9.59 Å². The summed E-state index contributed by atoms with van der Waals surface area (Å²) in [6, 6.07) is 9.44. The zero-order chi connectivity index (χ0) is 17.6. The number of benzene rings is 1. The smallest absolute Gasteiger partial charge is 0.272 e. The highest BCUT2D eigenvalue weighted by atomic mass is 35.5. The number of hydrogen-bond donors (Lipinski definition) is 3. The Balaban J connectivity index is 0.00000243. The third-order valence-electron chi connectivity index (χ3n) is 4.21. The Labute approximate surface area is 159 Å². The van der Waals surface area contributed by atoms with Gasteiger partial charge in [0.25, 0.3) is 5.91 Å². The van der Waals surface area contributed by atoms with Crippen LogP contribution in [0.5, 0.6) is 0 Å². The lowest BCUT2D eigenvalue weighted by molar-refractivity contribution is -0.114. The van der Waals surface area contributed by atoms with E-state index in [1.165, 1.54) is 6.92 Å². The molecule has 2 amide bonds. The summed E-state index contributed by atoms with van der Waals surface area (Å²) in [7, 11) is 0. The maximum absolute atomic E-state index is 12.3. The van der Waals surface area contributed by atoms with E-state index in [1.54, 1.807) is 6.07 Å². The van der Waals surface area contributed by atoms with E-state index in [0.29, 0.717) is 18.3 Å². The summed E-state index contributed by atoms with van der Waals surface area (Å²) in [6.07, 6.45) is 4.08. The highest BCUT2D eigenvalue weighted by Gasteiger charge is 2.17. The number of aromatic nitrogens is 2. The standard InChI is InChI=1S/C18H23N5O2.ClH/c1-13(24)21-15-6-4-14(5-7-15)11-20-18(25)17-8-10-23(22-17)16-3-2-9-19-12-16;/h4-8,10,16,19H,2-3,9,11-12H2,1H3,(H,20,25)(H,21,24);1H. The topological polar surface area (TPSA) is 88.0 Å². The van der Waals surface area contributed by atoms with Gasteiger partial charge in [-0.15, -0.1) is 12.4 Å². The lowest BCUT2D eigenvalue weighted by Crippen LogP contribution is -2.32. The second-order valence-electron chi connectivity index (χ2n) is 6.24. The Morgan fingerprint density at radius 3 is 2.69 bits per heavy atom. The number of nitrogens with zero attached hydrogens (tertiary/aromatic N) is 2. The van der Waals surface area contributed by atoms with Gasteiger partial charge in [-0.3, -0.25) is 14.3 Å². The van der Waals surface area contributed by atoms with Gasteiger partial charge in [0.05, 0.1) is 6.04 Å². The van der Waals surface area contributed by atoms with Crippen LogP contribution in [0.2, 0.25) is 0 Å². The lowest BCUT2D eigenvalue weighted by Gasteiger charge is -2.22. The van der Waals surface area contributed by atoms with Crippen molar-refractivity contribution in [2.75, 3.05) is 18.4 Å². The molecule has 8 heteroatoms. The van der Waals surface area contributed by atoms with Crippen molar-refractivity contribution in [1.82, 2.24) is 20.4 Å². The normalized spacial score (nSPS) is 16.4. The minimum atomic E-state index is -0.187. The minimum Gasteiger partial charge on any atom is -0.347 e. The monoisotopic (exact) mass is 377 g/mol. The predicted octanol–water partition coefficient (Wildman–Crippen LogP) is 2.12. The van der Waals surface area contributed by atoms with E-state index in [2.05, 4.69) is 21.0 Å². The van der Waals surface area contributed by atoms with Crippen LogP contribution in [0.3, 0.4) is 0 Å². The molecule has 1 unspecified atom stereocenters. The Bertz CT molecular complexity index is 738. The first kappa shape index (κ1) is 19.9. The van der Waals surface area contributed by atoms with Crippen LogP contribution in [-0.4, -0.2) is 34.7 Å². The van der Waals surface area contributed by atoms with Crippen LogP contribution in [0, 0.1) is 0 Å². The highest BCUT2D eigenvalue weighted by molar-refractivity contribution is 5.92. The molecule has 0 bridgehead atoms. The summed E-state index contributed by atoms with van der Waals surface area (Å²) < 4.78 is 1.88. The van der Waals surface area contributed by atoms with Gasteiger partial charge in [0, 0.05) is 31.9 Å². The van der Waals surface area contributed by atoms with E-state index >= 15 is 0 Å². The molecule has 1 saturated heterocycles. The predicted molar refractivity (Wildman–Crippen MR) is 103 cm³/mol. The van der Waals surface area contributed by atoms with Gasteiger partial charge in [-0.2, -0.15) is 5.10 Å². The van der Waals surface area contributed by atoms with Crippen LogP contribution in [0.1, 0.15) is 41.9 Å². The molecule has 0 radical (unpaired) electrons. The maximum atomic E-state index is 12.3. The Morgan fingerprint density at radius 1 is 1.27 bits per heavy atom. The highest BCUT2D eigenvalue weighted by Crippen LogP contribution is 2.16. The number of nitrogens with one attached hydrogen (secondary N) is 3. The summed E-state index contributed by atoms with van der Waals surface area (Å²) in [4.78, 5) is 23.3. The van der Waals surface area contributed by atoms with Gasteiger partial charge in [-0.25, -0.2) is 0 Å². The van der Waals surface area contributed by atoms with E-state index in [4.69, 9.17) is 0 Å². The molecule has 3 rings (SSSR count). The van der Waals surface area contributed by atoms with Gasteiger partial charge in [0.1, 0.15) is 5.69 Å². The van der Waals surface area contributed by atoms with Crippen LogP contribution in [0.4, 0.5) is 5.69 Å². The Morgan fingerprint density at radius 2 is 2.04 bits per heavy atom. The van der Waals surface area contributed by atoms with Crippen molar-refractivity contribution >= 4 is 29.9 Å². The van der Waals surface area contributed by atoms with Crippen molar-refractivity contribution in [3.8, 4) is 0 Å². The minimum absolute atomic E-state index is 0. The molecule has 0 saturated carbocycles. The first-order valence-corrected chi connectivity index (χ1v) is 8.52. The molecule has 1 atom stereocenters. The van der Waals surface area contributed by atoms with Gasteiger partial charge in [-0.05, 0) is 43.1 Å². The molecule has 1 aliphatic heterocycles. The van der Waals surface area contributed by atoms with Gasteiger partial charge in [0.2, 0.25) is 5.91 Å². The molecule has 1 fully saturated rings. The number of carbonyl (C=O) groups excluding carboxylic acids is 2. The fourth-order valence-electron chi connectivity index (χ4n) is 2.90. The fraction of sp³-hybridized carbons (Fsp3) is 0.389. The second kappa shape index (κ2) is 9.35. The molecular formula is C18H24ClN5O2. The largest absolute Gasteiger partial charge is 0.347 e. The van der Waals surface area contributed by atoms with Gasteiger partial charge in [-0.1, -0.05) is 12.1 Å². The number of rotatable bonds is 5. The van der Waals surface area contributed by atoms with E-state index in [-0.39, 0.29) is 24.2 Å². The van der Waals surface area contributed by atoms with Crippen LogP contribution < -0.4 is 16.0 Å². The Hall–Kier alpha value is -2.38. The molecule has 2 aromatic rings. The van der Waals surface area contributed by atoms with Crippen LogP contribution in [0.25, 0.3) is 0 Å². The SMILES string of the molecule is CC(=O)Nc1ccc(CNC(=O)c2ccn(C3CCCNC3)n2)cc1.Cl. The maximum Gasteiger partial charge on any atom is 0.272 e. The van der Waals surface area contributed by atoms with Crippen LogP contribution in [-0.2, 0) is 11.3 Å². The number of halogens is 1. The molecule has 1 aliphatic rings. The molecule has 26 heavy (non-hydrogen) atoms. The number of carbonyl (C=O) groups is 2. The molecule has 140 valence electrons. The lowest BCUT2D eigenvalue weighted by atomic mass is 10.1. The number of piperidine rings is 1. The third-order valence-corrected chi connectivity index (χ3v) is 4.21. The van der Waals surface area contributed by atoms with E-state index in [1.807, 2.05) is 35.1 Å². The van der Waals surface area contributed by atoms with Crippen molar-refractivity contribution in [3.05, 3.63) is 47.8 Å². The number of anilines is 1. The van der Waals surface area contributed by atoms with Crippen molar-refractivity contribution in [3.63, 3.8) is 0 Å². The molecule has 0 spiro atoms. The van der Waals surface area contributed by atoms with Crippen molar-refractivity contribution in [2.24, 2.45) is 0 Å². The van der Waals surface area contributed by atoms with E-state index in [0.717, 1.165) is 37.2 Å². The van der Waals surface area contributed by atoms with E-state index < -0.39 is 0 Å². The van der Waals surface area contributed by atoms with Crippen molar-refractivity contribution in [2.45, 2.75) is 32.4 Å². The Kier molecular flexibility index (Phi) is 7.17. The first-order chi connectivity index (χ1) is 12.1. The summed E-state index contributed by atoms with van der Waals surface area (Å²) in [5.41, 5.74) is 2.13. The molecule has 7 nitrogen and oxygen atoms in total. The number of amides is 2. The van der Waals surface area contributed by atoms with E-state index in [9.17, 15) is 9.59 Å². The molecule has 1 aromatic carbocycles. The zero-order valence-corrected chi connectivity index (χ0v) is 15.5. The third kappa shape index (κ3) is 5.31. The van der Waals surface area contributed by atoms with Crippen LogP contribution in [0.15, 0.2) is 36.5 Å². The molecule has 0 aliphatic carbocycles. The molecular weight excluding hydrogens is 354 g/mol. The fourth-order valence-corrected chi connectivity index (χ4v) is 2.90. The molecule has 3 N–H and O–H groups in total. The molecule has 2 heterocycles. The summed E-state index contributed by atoms with van der Waals surface area (Å²) >= 11 is 0. The number of hydrogen-bond acceptors (Lipinski definition) is 4. The summed E-state index contributed by atoms with van der Waals surface area (Å²) in [5, 5.41) is 13.3. The van der Waals surface area contributed by atoms with Gasteiger partial charge >= 0.3 is 0 Å². The van der Waals surface area contributed by atoms with Crippen LogP contribution >= 0.6 is 12.4 Å². The van der Waals surface area contributed by atoms with Gasteiger partial charge < -0.3 is 16.0 Å². The van der Waals surface area contributed by atoms with Gasteiger partial charge in [0.15, 0.2) is 0 Å². The quantitative estimate of drug-likeness (QED) is 0.744. The summed E-state index contributed by atoms with van der Waals surface area (Å²) in [5.74, 6) is -0.293. The first-order valence-electron chi connectivity index (χ1n) is 8.52. The average Bonchev–Trinajstić information content (AvgIpc) is 3.11. The second-order valence-corrected chi connectivity index (χ2v) is 6.24.